The lowest BCUT2D eigenvalue weighted by Gasteiger charge is -2.27. The first-order valence-electron chi connectivity index (χ1n) is 6.49. The van der Waals surface area contributed by atoms with Gasteiger partial charge < -0.3 is 0 Å². The van der Waals surface area contributed by atoms with Crippen LogP contribution in [0.3, 0.4) is 0 Å². The molecule has 1 fully saturated rings. The van der Waals surface area contributed by atoms with Gasteiger partial charge in [-0.15, -0.1) is 0 Å². The minimum atomic E-state index is -4.02. The lowest BCUT2D eigenvalue weighted by atomic mass is 9.89. The minimum absolute atomic E-state index is 0.176. The summed E-state index contributed by atoms with van der Waals surface area (Å²) in [6.07, 6.45) is 4.10. The molecule has 1 aliphatic rings. The van der Waals surface area contributed by atoms with Crippen molar-refractivity contribution in [3.05, 3.63) is 29.8 Å². The molecule has 0 amide bonds. The summed E-state index contributed by atoms with van der Waals surface area (Å²) in [7, 11) is -4.02. The SMILES string of the molecule is O=S(=O)(NCC1CCCCC1Br)c1cc(F)ccc1F. The summed E-state index contributed by atoms with van der Waals surface area (Å²) >= 11 is 3.54. The molecule has 0 spiro atoms. The van der Waals surface area contributed by atoms with E-state index in [0.717, 1.165) is 37.8 Å². The molecular formula is C13H16BrF2NO2S. The quantitative estimate of drug-likeness (QED) is 0.830. The van der Waals surface area contributed by atoms with E-state index in [1.807, 2.05) is 0 Å². The zero-order chi connectivity index (χ0) is 14.8. The molecule has 0 radical (unpaired) electrons. The van der Waals surface area contributed by atoms with Gasteiger partial charge in [-0.25, -0.2) is 21.9 Å². The molecule has 2 unspecified atom stereocenters. The van der Waals surface area contributed by atoms with Gasteiger partial charge in [0.1, 0.15) is 16.5 Å². The van der Waals surface area contributed by atoms with E-state index in [9.17, 15) is 17.2 Å². The zero-order valence-electron chi connectivity index (χ0n) is 10.8. The average Bonchev–Trinajstić information content (AvgIpc) is 2.40. The number of hydrogen-bond donors (Lipinski definition) is 1. The summed E-state index contributed by atoms with van der Waals surface area (Å²) < 4.78 is 53.0. The highest BCUT2D eigenvalue weighted by atomic mass is 79.9. The Labute approximate surface area is 125 Å². The second-order valence-electron chi connectivity index (χ2n) is 4.99. The van der Waals surface area contributed by atoms with Crippen molar-refractivity contribution in [3.8, 4) is 0 Å². The fourth-order valence-corrected chi connectivity index (χ4v) is 4.33. The first-order chi connectivity index (χ1) is 9.40. The standard InChI is InChI=1S/C13H16BrF2NO2S/c14-11-4-2-1-3-9(11)8-17-20(18,19)13-7-10(15)5-6-12(13)16/h5-7,9,11,17H,1-4,8H2. The highest BCUT2D eigenvalue weighted by Gasteiger charge is 2.26. The number of halogens is 3. The van der Waals surface area contributed by atoms with Crippen LogP contribution in [0.15, 0.2) is 23.1 Å². The molecule has 112 valence electrons. The van der Waals surface area contributed by atoms with E-state index >= 15 is 0 Å². The van der Waals surface area contributed by atoms with Gasteiger partial charge in [0, 0.05) is 11.4 Å². The van der Waals surface area contributed by atoms with Gasteiger partial charge in [-0.3, -0.25) is 0 Å². The molecule has 0 heterocycles. The molecule has 7 heteroatoms. The van der Waals surface area contributed by atoms with Gasteiger partial charge in [-0.05, 0) is 37.0 Å². The smallest absolute Gasteiger partial charge is 0.211 e. The number of sulfonamides is 1. The van der Waals surface area contributed by atoms with E-state index < -0.39 is 26.6 Å². The van der Waals surface area contributed by atoms with E-state index in [2.05, 4.69) is 20.7 Å². The summed E-state index contributed by atoms with van der Waals surface area (Å²) in [5.41, 5.74) is 0. The molecule has 0 aliphatic heterocycles. The molecule has 0 saturated heterocycles. The van der Waals surface area contributed by atoms with Crippen LogP contribution in [0, 0.1) is 17.6 Å². The maximum atomic E-state index is 13.5. The predicted octanol–water partition coefficient (Wildman–Crippen LogP) is 3.20. The predicted molar refractivity (Wildman–Crippen MR) is 76.2 cm³/mol. The fourth-order valence-electron chi connectivity index (χ4n) is 2.37. The lowest BCUT2D eigenvalue weighted by Crippen LogP contribution is -2.34. The summed E-state index contributed by atoms with van der Waals surface area (Å²) in [5, 5.41) is 0. The molecular weight excluding hydrogens is 352 g/mol. The highest BCUT2D eigenvalue weighted by Crippen LogP contribution is 2.29. The van der Waals surface area contributed by atoms with Crippen LogP contribution in [0.5, 0.6) is 0 Å². The molecule has 0 bridgehead atoms. The van der Waals surface area contributed by atoms with E-state index in [1.165, 1.54) is 0 Å². The van der Waals surface area contributed by atoms with Gasteiger partial charge in [0.2, 0.25) is 10.0 Å². The van der Waals surface area contributed by atoms with Crippen LogP contribution in [0.4, 0.5) is 8.78 Å². The third-order valence-corrected chi connectivity index (χ3v) is 6.18. The van der Waals surface area contributed by atoms with Gasteiger partial charge in [0.15, 0.2) is 0 Å². The highest BCUT2D eigenvalue weighted by molar-refractivity contribution is 9.09. The molecule has 1 N–H and O–H groups in total. The van der Waals surface area contributed by atoms with Crippen LogP contribution < -0.4 is 4.72 Å². The summed E-state index contributed by atoms with van der Waals surface area (Å²) in [4.78, 5) is -0.379. The molecule has 3 nitrogen and oxygen atoms in total. The van der Waals surface area contributed by atoms with Crippen molar-refractivity contribution in [1.82, 2.24) is 4.72 Å². The van der Waals surface area contributed by atoms with E-state index in [4.69, 9.17) is 0 Å². The summed E-state index contributed by atoms with van der Waals surface area (Å²) in [6, 6.07) is 2.41. The van der Waals surface area contributed by atoms with Crippen molar-refractivity contribution >= 4 is 26.0 Å². The van der Waals surface area contributed by atoms with Gasteiger partial charge in [0.25, 0.3) is 0 Å². The molecule has 2 atom stereocenters. The molecule has 2 rings (SSSR count). The van der Waals surface area contributed by atoms with Crippen LogP contribution in [0.2, 0.25) is 0 Å². The van der Waals surface area contributed by atoms with Crippen molar-refractivity contribution in [2.45, 2.75) is 35.4 Å². The largest absolute Gasteiger partial charge is 0.243 e. The Morgan fingerprint density at radius 1 is 1.25 bits per heavy atom. The first kappa shape index (κ1) is 15.9. The van der Waals surface area contributed by atoms with Crippen molar-refractivity contribution in [1.29, 1.82) is 0 Å². The second-order valence-corrected chi connectivity index (χ2v) is 7.90. The zero-order valence-corrected chi connectivity index (χ0v) is 13.2. The van der Waals surface area contributed by atoms with Crippen LogP contribution in [0.1, 0.15) is 25.7 Å². The molecule has 0 aromatic heterocycles. The summed E-state index contributed by atoms with van der Waals surface area (Å²) in [6.45, 7) is 0.230. The van der Waals surface area contributed by atoms with Crippen molar-refractivity contribution in [3.63, 3.8) is 0 Å². The van der Waals surface area contributed by atoms with Gasteiger partial charge in [-0.2, -0.15) is 0 Å². The summed E-state index contributed by atoms with van der Waals surface area (Å²) in [5.74, 6) is -1.55. The van der Waals surface area contributed by atoms with Crippen molar-refractivity contribution in [2.75, 3.05) is 6.54 Å². The Hall–Kier alpha value is -0.530. The van der Waals surface area contributed by atoms with Crippen LogP contribution >= 0.6 is 15.9 Å². The normalized spacial score (nSPS) is 23.8. The maximum Gasteiger partial charge on any atom is 0.243 e. The number of benzene rings is 1. The lowest BCUT2D eigenvalue weighted by molar-refractivity contribution is 0.373. The van der Waals surface area contributed by atoms with Crippen LogP contribution in [-0.4, -0.2) is 19.8 Å². The molecule has 1 aliphatic carbocycles. The van der Waals surface area contributed by atoms with Gasteiger partial charge >= 0.3 is 0 Å². The maximum absolute atomic E-state index is 13.5. The number of hydrogen-bond acceptors (Lipinski definition) is 2. The molecule has 1 saturated carbocycles. The molecule has 20 heavy (non-hydrogen) atoms. The van der Waals surface area contributed by atoms with E-state index in [-0.39, 0.29) is 17.3 Å². The second kappa shape index (κ2) is 6.49. The molecule has 1 aromatic carbocycles. The third kappa shape index (κ3) is 3.77. The average molecular weight is 368 g/mol. The van der Waals surface area contributed by atoms with Gasteiger partial charge in [0.05, 0.1) is 0 Å². The van der Waals surface area contributed by atoms with E-state index in [0.29, 0.717) is 6.07 Å². The Morgan fingerprint density at radius 3 is 2.65 bits per heavy atom. The van der Waals surface area contributed by atoms with Crippen molar-refractivity contribution < 1.29 is 17.2 Å². The Bertz CT molecular complexity index is 580. The topological polar surface area (TPSA) is 46.2 Å². The number of alkyl halides is 1. The Morgan fingerprint density at radius 2 is 1.95 bits per heavy atom. The van der Waals surface area contributed by atoms with Crippen LogP contribution in [-0.2, 0) is 10.0 Å². The van der Waals surface area contributed by atoms with Gasteiger partial charge in [-0.1, -0.05) is 28.8 Å². The minimum Gasteiger partial charge on any atom is -0.211 e. The Kier molecular flexibility index (Phi) is 5.14. The monoisotopic (exact) mass is 367 g/mol. The van der Waals surface area contributed by atoms with Crippen LogP contribution in [0.25, 0.3) is 0 Å². The number of nitrogens with one attached hydrogen (secondary N) is 1. The first-order valence-corrected chi connectivity index (χ1v) is 8.89. The molecule has 1 aromatic rings. The fraction of sp³-hybridized carbons (Fsp3) is 0.538. The van der Waals surface area contributed by atoms with E-state index in [1.54, 1.807) is 0 Å². The number of rotatable bonds is 4. The van der Waals surface area contributed by atoms with Crippen molar-refractivity contribution in [2.24, 2.45) is 5.92 Å². The Balaban J connectivity index is 2.09. The third-order valence-electron chi connectivity index (χ3n) is 3.53.